The minimum atomic E-state index is 0.333. The number of hydrogen-bond donors (Lipinski definition) is 1. The third-order valence-corrected chi connectivity index (χ3v) is 6.19. The number of rotatable bonds is 2. The molecule has 0 aliphatic carbocycles. The van der Waals surface area contributed by atoms with Crippen LogP contribution in [0.3, 0.4) is 0 Å². The summed E-state index contributed by atoms with van der Waals surface area (Å²) in [5.41, 5.74) is 11.6. The van der Waals surface area contributed by atoms with Gasteiger partial charge in [-0.3, -0.25) is 0 Å². The second-order valence-corrected chi connectivity index (χ2v) is 8.53. The summed E-state index contributed by atoms with van der Waals surface area (Å²) in [4.78, 5) is 2.15. The molecule has 0 spiro atoms. The fourth-order valence-electron chi connectivity index (χ4n) is 4.72. The smallest absolute Gasteiger partial charge is 0.141 e. The summed E-state index contributed by atoms with van der Waals surface area (Å²) in [6.07, 6.45) is 0. The molecule has 136 valence electrons. The molecule has 0 bridgehead atoms. The molecule has 0 saturated carbocycles. The molecule has 2 aliphatic heterocycles. The summed E-state index contributed by atoms with van der Waals surface area (Å²) < 4.78 is 0. The molecule has 1 N–H and O–H groups in total. The van der Waals surface area contributed by atoms with E-state index >= 15 is 0 Å². The molecule has 3 atom stereocenters. The van der Waals surface area contributed by atoms with E-state index in [-0.39, 0.29) is 0 Å². The molecule has 3 unspecified atom stereocenters. The van der Waals surface area contributed by atoms with Gasteiger partial charge in [-0.05, 0) is 34.1 Å². The lowest BCUT2D eigenvalue weighted by Crippen LogP contribution is -2.44. The Morgan fingerprint density at radius 1 is 0.846 bits per heavy atom. The predicted octanol–water partition coefficient (Wildman–Crippen LogP) is 6.66. The average molecular weight is 349 g/mol. The highest BCUT2D eigenvalue weighted by Crippen LogP contribution is 2.48. The Labute approximate surface area is 157 Å². The first-order valence-corrected chi connectivity index (χ1v) is 9.93. The van der Waals surface area contributed by atoms with Gasteiger partial charge in [0.1, 0.15) is 11.4 Å². The summed E-state index contributed by atoms with van der Waals surface area (Å²) >= 11 is 0. The Bertz CT molecular complexity index is 879. The number of para-hydroxylation sites is 1. The van der Waals surface area contributed by atoms with Gasteiger partial charge in [-0.25, -0.2) is 0 Å². The number of nitrogens with zero attached hydrogens (tertiary/aromatic N) is 2. The Morgan fingerprint density at radius 2 is 1.42 bits per heavy atom. The van der Waals surface area contributed by atoms with Crippen LogP contribution < -0.4 is 5.43 Å². The third kappa shape index (κ3) is 2.48. The Hall–Kier alpha value is -2.16. The van der Waals surface area contributed by atoms with Crippen LogP contribution in [0.4, 0.5) is 11.4 Å². The molecular weight excluding hydrogens is 318 g/mol. The molecule has 0 aromatic heterocycles. The maximum atomic E-state index is 5.11. The van der Waals surface area contributed by atoms with Crippen LogP contribution in [0.1, 0.15) is 87.5 Å². The minimum absolute atomic E-state index is 0.333. The van der Waals surface area contributed by atoms with Crippen molar-refractivity contribution in [2.75, 3.05) is 5.43 Å². The second kappa shape index (κ2) is 6.22. The van der Waals surface area contributed by atoms with E-state index in [1.807, 2.05) is 0 Å². The van der Waals surface area contributed by atoms with E-state index in [1.165, 1.54) is 27.9 Å². The lowest BCUT2D eigenvalue weighted by atomic mass is 9.77. The highest BCUT2D eigenvalue weighted by Gasteiger charge is 2.47. The average Bonchev–Trinajstić information content (AvgIpc) is 2.60. The first-order chi connectivity index (χ1) is 12.4. The zero-order valence-corrected chi connectivity index (χ0v) is 16.7. The highest BCUT2D eigenvalue weighted by molar-refractivity contribution is 5.62. The van der Waals surface area contributed by atoms with E-state index in [2.05, 4.69) is 88.2 Å². The van der Waals surface area contributed by atoms with Crippen LogP contribution in [0.15, 0.2) is 41.5 Å². The molecular formula is C23H30N3+. The lowest BCUT2D eigenvalue weighted by Gasteiger charge is -2.35. The summed E-state index contributed by atoms with van der Waals surface area (Å²) in [5.74, 6) is 1.82. The van der Waals surface area contributed by atoms with E-state index in [0.717, 1.165) is 5.69 Å². The van der Waals surface area contributed by atoms with Crippen LogP contribution >= 0.6 is 0 Å². The van der Waals surface area contributed by atoms with Crippen molar-refractivity contribution < 1.29 is 4.81 Å². The molecule has 0 fully saturated rings. The van der Waals surface area contributed by atoms with Crippen LogP contribution in [-0.4, -0.2) is 10.8 Å². The summed E-state index contributed by atoms with van der Waals surface area (Å²) in [6.45, 7) is 13.7. The van der Waals surface area contributed by atoms with Crippen molar-refractivity contribution in [2.24, 2.45) is 5.11 Å². The van der Waals surface area contributed by atoms with E-state index in [9.17, 15) is 0 Å². The molecule has 0 radical (unpaired) electrons. The number of azo groups is 1. The number of hydrazine groups is 1. The van der Waals surface area contributed by atoms with E-state index in [0.29, 0.717) is 29.7 Å². The van der Waals surface area contributed by atoms with Gasteiger partial charge in [0.25, 0.3) is 0 Å². The van der Waals surface area contributed by atoms with Crippen molar-refractivity contribution in [1.29, 1.82) is 0 Å². The standard InChI is InChI=1S/C23H30N3/c1-13(2)17-9-7-11-19-15(5)23-16(6)20-12-8-10-18(14(3)4)22(20)25-26(23)24-21(17)19/h7-16,23H,1-6H3,(H,24,25)/q+1. The molecule has 0 saturated heterocycles. The van der Waals surface area contributed by atoms with E-state index < -0.39 is 0 Å². The van der Waals surface area contributed by atoms with E-state index in [4.69, 9.17) is 5.11 Å². The SMILES string of the molecule is CC(C)c1cccc2c1N=[N+]1Nc3c(C(C)C)cccc3C(C)C1C2C. The number of hydrogen-bond acceptors (Lipinski definition) is 2. The summed E-state index contributed by atoms with van der Waals surface area (Å²) in [6, 6.07) is 13.7. The van der Waals surface area contributed by atoms with Gasteiger partial charge in [-0.2, -0.15) is 0 Å². The van der Waals surface area contributed by atoms with E-state index in [1.54, 1.807) is 0 Å². The maximum absolute atomic E-state index is 5.11. The van der Waals surface area contributed by atoms with Gasteiger partial charge >= 0.3 is 0 Å². The summed E-state index contributed by atoms with van der Waals surface area (Å²) in [7, 11) is 0. The zero-order chi connectivity index (χ0) is 18.6. The number of benzene rings is 2. The van der Waals surface area contributed by atoms with Gasteiger partial charge in [-0.15, -0.1) is 5.43 Å². The fourth-order valence-corrected chi connectivity index (χ4v) is 4.72. The molecule has 3 nitrogen and oxygen atoms in total. The monoisotopic (exact) mass is 348 g/mol. The Balaban J connectivity index is 1.90. The molecule has 4 rings (SSSR count). The zero-order valence-electron chi connectivity index (χ0n) is 16.7. The maximum Gasteiger partial charge on any atom is 0.223 e. The van der Waals surface area contributed by atoms with Crippen molar-refractivity contribution >= 4 is 11.4 Å². The molecule has 26 heavy (non-hydrogen) atoms. The molecule has 2 aromatic carbocycles. The van der Waals surface area contributed by atoms with Crippen LogP contribution in [0.5, 0.6) is 0 Å². The number of nitrogens with one attached hydrogen (secondary N) is 1. The van der Waals surface area contributed by atoms with Gasteiger partial charge in [0.05, 0.1) is 11.8 Å². The quantitative estimate of drug-likeness (QED) is 0.604. The number of anilines is 1. The largest absolute Gasteiger partial charge is 0.223 e. The van der Waals surface area contributed by atoms with Crippen LogP contribution in [0.25, 0.3) is 0 Å². The molecule has 2 aromatic rings. The van der Waals surface area contributed by atoms with Crippen LogP contribution in [-0.2, 0) is 0 Å². The Morgan fingerprint density at radius 3 is 2.08 bits per heavy atom. The second-order valence-electron chi connectivity index (χ2n) is 8.53. The van der Waals surface area contributed by atoms with Crippen molar-refractivity contribution in [2.45, 2.75) is 71.3 Å². The predicted molar refractivity (Wildman–Crippen MR) is 108 cm³/mol. The van der Waals surface area contributed by atoms with Gasteiger partial charge < -0.3 is 0 Å². The summed E-state index contributed by atoms with van der Waals surface area (Å²) in [5, 5.41) is 5.11. The molecule has 3 heteroatoms. The topological polar surface area (TPSA) is 27.4 Å². The van der Waals surface area contributed by atoms with Crippen molar-refractivity contribution in [3.05, 3.63) is 58.7 Å². The first-order valence-electron chi connectivity index (χ1n) is 9.93. The molecule has 0 amide bonds. The minimum Gasteiger partial charge on any atom is -0.141 e. The Kier molecular flexibility index (Phi) is 4.13. The third-order valence-electron chi connectivity index (χ3n) is 6.19. The van der Waals surface area contributed by atoms with Crippen molar-refractivity contribution in [1.82, 2.24) is 0 Å². The normalized spacial score (nSPS) is 23.8. The van der Waals surface area contributed by atoms with Crippen molar-refractivity contribution in [3.63, 3.8) is 0 Å². The van der Waals surface area contributed by atoms with Crippen molar-refractivity contribution in [3.8, 4) is 0 Å². The van der Waals surface area contributed by atoms with Gasteiger partial charge in [0, 0.05) is 9.92 Å². The number of fused-ring (bicyclic) bond motifs is 3. The molecule has 2 aliphatic rings. The highest BCUT2D eigenvalue weighted by atomic mass is 15.6. The van der Waals surface area contributed by atoms with Gasteiger partial charge in [-0.1, -0.05) is 77.9 Å². The van der Waals surface area contributed by atoms with Crippen LogP contribution in [0.2, 0.25) is 0 Å². The fraction of sp³-hybridized carbons (Fsp3) is 0.478. The molecule has 2 heterocycles. The first kappa shape index (κ1) is 17.3. The lowest BCUT2D eigenvalue weighted by molar-refractivity contribution is -0.610. The van der Waals surface area contributed by atoms with Crippen LogP contribution in [0, 0.1) is 0 Å². The van der Waals surface area contributed by atoms with Gasteiger partial charge in [0.15, 0.2) is 0 Å². The van der Waals surface area contributed by atoms with Gasteiger partial charge in [0.2, 0.25) is 6.04 Å².